The molecule has 1 N–H and O–H groups in total. The topological polar surface area (TPSA) is 95.5 Å². The van der Waals surface area contributed by atoms with Crippen LogP contribution in [0.25, 0.3) is 0 Å². The van der Waals surface area contributed by atoms with Gasteiger partial charge in [-0.2, -0.15) is 0 Å². The molecule has 0 radical (unpaired) electrons. The molecule has 0 atom stereocenters. The second-order valence-corrected chi connectivity index (χ2v) is 8.98. The van der Waals surface area contributed by atoms with E-state index in [2.05, 4.69) is 14.7 Å². The number of piperazine rings is 1. The molecular formula is C16H21N5O3S2. The quantitative estimate of drug-likeness (QED) is 0.775. The highest BCUT2D eigenvalue weighted by Gasteiger charge is 2.24. The predicted octanol–water partition coefficient (Wildman–Crippen LogP) is 0.728. The molecular weight excluding hydrogens is 374 g/mol. The maximum Gasteiger partial charge on any atom is 0.250 e. The number of carbonyl (C=O) groups is 1. The van der Waals surface area contributed by atoms with Crippen molar-refractivity contribution in [3.63, 3.8) is 0 Å². The molecule has 1 saturated heterocycles. The fourth-order valence-electron chi connectivity index (χ4n) is 2.64. The molecule has 0 unspecified atom stereocenters. The number of rotatable bonds is 6. The van der Waals surface area contributed by atoms with Crippen LogP contribution < -0.4 is 9.62 Å². The van der Waals surface area contributed by atoms with Crippen molar-refractivity contribution in [2.45, 2.75) is 17.6 Å². The molecule has 1 fully saturated rings. The molecule has 0 bridgehead atoms. The van der Waals surface area contributed by atoms with Crippen molar-refractivity contribution in [3.8, 4) is 0 Å². The van der Waals surface area contributed by atoms with E-state index in [1.807, 2.05) is 11.8 Å². The van der Waals surface area contributed by atoms with Crippen LogP contribution in [0.4, 0.5) is 5.95 Å². The Morgan fingerprint density at radius 1 is 1.19 bits per heavy atom. The van der Waals surface area contributed by atoms with Crippen LogP contribution in [-0.2, 0) is 21.2 Å². The molecule has 3 rings (SSSR count). The normalized spacial score (nSPS) is 15.3. The Bertz CT molecular complexity index is 846. The zero-order valence-electron chi connectivity index (χ0n) is 14.5. The van der Waals surface area contributed by atoms with Crippen molar-refractivity contribution in [2.24, 2.45) is 0 Å². The van der Waals surface area contributed by atoms with E-state index in [0.29, 0.717) is 32.1 Å². The number of sulfonamides is 1. The fraction of sp³-hybridized carbons (Fsp3) is 0.438. The average Bonchev–Trinajstić information content (AvgIpc) is 3.17. The van der Waals surface area contributed by atoms with Crippen LogP contribution in [0.3, 0.4) is 0 Å². The molecule has 0 spiro atoms. The Kier molecular flexibility index (Phi) is 5.84. The van der Waals surface area contributed by atoms with E-state index >= 15 is 0 Å². The molecule has 1 aliphatic heterocycles. The maximum absolute atomic E-state index is 12.3. The summed E-state index contributed by atoms with van der Waals surface area (Å²) in [6.07, 6.45) is 4.15. The smallest absolute Gasteiger partial charge is 0.250 e. The molecule has 0 aliphatic carbocycles. The lowest BCUT2D eigenvalue weighted by Crippen LogP contribution is -2.51. The summed E-state index contributed by atoms with van der Waals surface area (Å²) in [4.78, 5) is 25.4. The van der Waals surface area contributed by atoms with Crippen molar-refractivity contribution in [1.29, 1.82) is 0 Å². The molecule has 0 saturated carbocycles. The van der Waals surface area contributed by atoms with Gasteiger partial charge in [-0.05, 0) is 24.6 Å². The van der Waals surface area contributed by atoms with Crippen LogP contribution >= 0.6 is 11.3 Å². The summed E-state index contributed by atoms with van der Waals surface area (Å²) in [5, 5.41) is 0. The summed E-state index contributed by atoms with van der Waals surface area (Å²) in [5.74, 6) is 0.416. The Labute approximate surface area is 156 Å². The van der Waals surface area contributed by atoms with E-state index in [4.69, 9.17) is 0 Å². The fourth-order valence-corrected chi connectivity index (χ4v) is 4.96. The predicted molar refractivity (Wildman–Crippen MR) is 99.7 cm³/mol. The Morgan fingerprint density at radius 2 is 1.88 bits per heavy atom. The van der Waals surface area contributed by atoms with Gasteiger partial charge in [-0.15, -0.1) is 11.3 Å². The number of nitrogens with zero attached hydrogens (tertiary/aromatic N) is 4. The van der Waals surface area contributed by atoms with Crippen molar-refractivity contribution in [2.75, 3.05) is 37.6 Å². The third-order valence-electron chi connectivity index (χ3n) is 4.13. The van der Waals surface area contributed by atoms with Gasteiger partial charge in [0.15, 0.2) is 0 Å². The SMILES string of the molecule is CCc1ccc(S(=O)(=O)NCC(=O)N2CCN(c3ncccn3)CC2)s1. The number of nitrogens with one attached hydrogen (secondary N) is 1. The standard InChI is InChI=1S/C16H21N5O3S2/c1-2-13-4-5-15(25-13)26(23,24)19-12-14(22)20-8-10-21(11-9-20)16-17-6-3-7-18-16/h3-7,19H,2,8-12H2,1H3. The van der Waals surface area contributed by atoms with Gasteiger partial charge >= 0.3 is 0 Å². The van der Waals surface area contributed by atoms with E-state index in [1.165, 1.54) is 11.3 Å². The number of hydrogen-bond acceptors (Lipinski definition) is 7. The number of hydrogen-bond donors (Lipinski definition) is 1. The average molecular weight is 396 g/mol. The lowest BCUT2D eigenvalue weighted by Gasteiger charge is -2.34. The van der Waals surface area contributed by atoms with E-state index in [0.717, 1.165) is 11.3 Å². The monoisotopic (exact) mass is 395 g/mol. The van der Waals surface area contributed by atoms with E-state index in [1.54, 1.807) is 35.5 Å². The summed E-state index contributed by atoms with van der Waals surface area (Å²) < 4.78 is 27.2. The molecule has 26 heavy (non-hydrogen) atoms. The van der Waals surface area contributed by atoms with Crippen LogP contribution in [0.15, 0.2) is 34.8 Å². The summed E-state index contributed by atoms with van der Waals surface area (Å²) in [6.45, 7) is 4.00. The highest BCUT2D eigenvalue weighted by Crippen LogP contribution is 2.21. The van der Waals surface area contributed by atoms with Crippen LogP contribution in [0, 0.1) is 0 Å². The number of aryl methyl sites for hydroxylation is 1. The highest BCUT2D eigenvalue weighted by molar-refractivity contribution is 7.91. The second kappa shape index (κ2) is 8.11. The highest BCUT2D eigenvalue weighted by atomic mass is 32.2. The summed E-state index contributed by atoms with van der Waals surface area (Å²) in [6, 6.07) is 5.13. The van der Waals surface area contributed by atoms with Gasteiger partial charge in [0.2, 0.25) is 11.9 Å². The first-order chi connectivity index (χ1) is 12.5. The zero-order valence-corrected chi connectivity index (χ0v) is 16.1. The van der Waals surface area contributed by atoms with Crippen molar-refractivity contribution in [3.05, 3.63) is 35.5 Å². The van der Waals surface area contributed by atoms with Gasteiger partial charge in [0.05, 0.1) is 6.54 Å². The van der Waals surface area contributed by atoms with Gasteiger partial charge in [-0.25, -0.2) is 23.1 Å². The van der Waals surface area contributed by atoms with E-state index in [9.17, 15) is 13.2 Å². The van der Waals surface area contributed by atoms with Gasteiger partial charge in [0, 0.05) is 43.4 Å². The lowest BCUT2D eigenvalue weighted by molar-refractivity contribution is -0.130. The van der Waals surface area contributed by atoms with Crippen LogP contribution in [0.5, 0.6) is 0 Å². The lowest BCUT2D eigenvalue weighted by atomic mass is 10.3. The van der Waals surface area contributed by atoms with Crippen LogP contribution in [0.1, 0.15) is 11.8 Å². The van der Waals surface area contributed by atoms with Crippen LogP contribution in [0.2, 0.25) is 0 Å². The summed E-state index contributed by atoms with van der Waals surface area (Å²) in [5.41, 5.74) is 0. The van der Waals surface area contributed by atoms with Gasteiger partial charge in [-0.1, -0.05) is 6.92 Å². The van der Waals surface area contributed by atoms with Gasteiger partial charge in [0.25, 0.3) is 10.0 Å². The molecule has 3 heterocycles. The van der Waals surface area contributed by atoms with Crippen molar-refractivity contribution in [1.82, 2.24) is 19.6 Å². The molecule has 10 heteroatoms. The van der Waals surface area contributed by atoms with Gasteiger partial charge in [0.1, 0.15) is 4.21 Å². The number of anilines is 1. The first kappa shape index (κ1) is 18.7. The van der Waals surface area contributed by atoms with Gasteiger partial charge in [-0.3, -0.25) is 4.79 Å². The Hall–Kier alpha value is -2.04. The number of amides is 1. The molecule has 0 aromatic carbocycles. The first-order valence-corrected chi connectivity index (χ1v) is 10.7. The van der Waals surface area contributed by atoms with Gasteiger partial charge < -0.3 is 9.80 Å². The molecule has 2 aromatic rings. The molecule has 1 amide bonds. The largest absolute Gasteiger partial charge is 0.338 e. The maximum atomic E-state index is 12.3. The minimum atomic E-state index is -3.65. The summed E-state index contributed by atoms with van der Waals surface area (Å²) >= 11 is 1.23. The molecule has 8 nitrogen and oxygen atoms in total. The Balaban J connectivity index is 1.51. The minimum absolute atomic E-state index is 0.227. The second-order valence-electron chi connectivity index (χ2n) is 5.82. The minimum Gasteiger partial charge on any atom is -0.338 e. The molecule has 2 aromatic heterocycles. The molecule has 1 aliphatic rings. The third kappa shape index (κ3) is 4.37. The van der Waals surface area contributed by atoms with Crippen LogP contribution in [-0.4, -0.2) is 61.9 Å². The zero-order chi connectivity index (χ0) is 18.6. The number of aromatic nitrogens is 2. The number of thiophene rings is 1. The Morgan fingerprint density at radius 3 is 2.50 bits per heavy atom. The van der Waals surface area contributed by atoms with Crippen molar-refractivity contribution < 1.29 is 13.2 Å². The van der Waals surface area contributed by atoms with E-state index in [-0.39, 0.29) is 16.7 Å². The summed E-state index contributed by atoms with van der Waals surface area (Å²) in [7, 11) is -3.65. The molecule has 140 valence electrons. The van der Waals surface area contributed by atoms with E-state index < -0.39 is 10.0 Å². The number of carbonyl (C=O) groups excluding carboxylic acids is 1. The first-order valence-electron chi connectivity index (χ1n) is 8.37. The van der Waals surface area contributed by atoms with Crippen molar-refractivity contribution >= 4 is 33.2 Å². The third-order valence-corrected chi connectivity index (χ3v) is 7.25.